The smallest absolute Gasteiger partial charge is 0.340 e. The molecule has 3 aromatic heterocycles. The van der Waals surface area contributed by atoms with Crippen molar-refractivity contribution in [1.82, 2.24) is 24.5 Å². The maximum Gasteiger partial charge on any atom is 0.340 e. The number of para-hydroxylation sites is 2. The lowest BCUT2D eigenvalue weighted by Gasteiger charge is -2.11. The SMILES string of the molecule is CCOC(=O)c1cc2c(-c3ccccc3)nn(-c3ccccc3)c2nc1-c1c(-c2ccccc2)nn(-c2ccccc2)c1O. The maximum absolute atomic E-state index is 13.6. The molecule has 0 bridgehead atoms. The van der Waals surface area contributed by atoms with Gasteiger partial charge in [0.1, 0.15) is 11.4 Å². The topological polar surface area (TPSA) is 95.1 Å². The van der Waals surface area contributed by atoms with E-state index >= 15 is 0 Å². The van der Waals surface area contributed by atoms with Gasteiger partial charge in [-0.05, 0) is 37.3 Å². The number of carbonyl (C=O) groups excluding carboxylic acids is 1. The Kier molecular flexibility index (Phi) is 6.92. The number of nitrogens with zero attached hydrogens (tertiary/aromatic N) is 5. The van der Waals surface area contributed by atoms with Crippen LogP contribution in [0.3, 0.4) is 0 Å². The minimum atomic E-state index is -0.561. The van der Waals surface area contributed by atoms with Gasteiger partial charge in [0.2, 0.25) is 5.88 Å². The zero-order valence-electron chi connectivity index (χ0n) is 23.8. The van der Waals surface area contributed by atoms with Crippen molar-refractivity contribution in [1.29, 1.82) is 0 Å². The molecule has 44 heavy (non-hydrogen) atoms. The molecule has 4 aromatic carbocycles. The second-order valence-corrected chi connectivity index (χ2v) is 10.1. The quantitative estimate of drug-likeness (QED) is 0.197. The normalized spacial score (nSPS) is 11.1. The first kappa shape index (κ1) is 26.9. The van der Waals surface area contributed by atoms with Crippen molar-refractivity contribution in [2.75, 3.05) is 6.61 Å². The Labute approximate surface area is 253 Å². The zero-order chi connectivity index (χ0) is 30.0. The van der Waals surface area contributed by atoms with Gasteiger partial charge >= 0.3 is 5.97 Å². The van der Waals surface area contributed by atoms with Gasteiger partial charge in [-0.25, -0.2) is 14.5 Å². The second-order valence-electron chi connectivity index (χ2n) is 10.1. The highest BCUT2D eigenvalue weighted by Crippen LogP contribution is 2.42. The molecule has 0 saturated heterocycles. The van der Waals surface area contributed by atoms with Crippen molar-refractivity contribution >= 4 is 17.0 Å². The fourth-order valence-electron chi connectivity index (χ4n) is 5.33. The van der Waals surface area contributed by atoms with E-state index in [4.69, 9.17) is 19.9 Å². The Morgan fingerprint density at radius 1 is 0.682 bits per heavy atom. The van der Waals surface area contributed by atoms with Crippen LogP contribution in [0.5, 0.6) is 5.88 Å². The van der Waals surface area contributed by atoms with Crippen molar-refractivity contribution < 1.29 is 14.6 Å². The molecule has 0 aliphatic heterocycles. The molecule has 0 saturated carbocycles. The Bertz CT molecular complexity index is 2090. The van der Waals surface area contributed by atoms with E-state index in [0.717, 1.165) is 16.8 Å². The molecule has 0 fully saturated rings. The average Bonchev–Trinajstić information content (AvgIpc) is 3.63. The number of hydrogen-bond acceptors (Lipinski definition) is 6. The molecule has 3 heterocycles. The van der Waals surface area contributed by atoms with E-state index in [-0.39, 0.29) is 23.7 Å². The van der Waals surface area contributed by atoms with Gasteiger partial charge in [0, 0.05) is 16.5 Å². The molecule has 0 unspecified atom stereocenters. The zero-order valence-corrected chi connectivity index (χ0v) is 23.8. The van der Waals surface area contributed by atoms with Crippen LogP contribution in [0, 0.1) is 0 Å². The van der Waals surface area contributed by atoms with Crippen LogP contribution in [-0.4, -0.2) is 42.2 Å². The Hall–Kier alpha value is -6.02. The summed E-state index contributed by atoms with van der Waals surface area (Å²) in [5.41, 5.74) is 5.50. The lowest BCUT2D eigenvalue weighted by molar-refractivity contribution is 0.0527. The van der Waals surface area contributed by atoms with E-state index in [0.29, 0.717) is 33.7 Å². The van der Waals surface area contributed by atoms with Gasteiger partial charge in [-0.2, -0.15) is 14.9 Å². The highest BCUT2D eigenvalue weighted by atomic mass is 16.5. The first-order valence-electron chi connectivity index (χ1n) is 14.3. The lowest BCUT2D eigenvalue weighted by Crippen LogP contribution is -2.09. The van der Waals surface area contributed by atoms with Crippen LogP contribution in [0.15, 0.2) is 127 Å². The van der Waals surface area contributed by atoms with Crippen molar-refractivity contribution in [3.63, 3.8) is 0 Å². The molecule has 0 amide bonds. The molecule has 7 aromatic rings. The van der Waals surface area contributed by atoms with E-state index in [2.05, 4.69) is 0 Å². The summed E-state index contributed by atoms with van der Waals surface area (Å²) in [6, 6.07) is 40.1. The fourth-order valence-corrected chi connectivity index (χ4v) is 5.33. The van der Waals surface area contributed by atoms with E-state index in [1.54, 1.807) is 17.7 Å². The number of aromatic nitrogens is 5. The number of carbonyl (C=O) groups is 1. The van der Waals surface area contributed by atoms with Gasteiger partial charge in [-0.3, -0.25) is 0 Å². The summed E-state index contributed by atoms with van der Waals surface area (Å²) in [6.45, 7) is 1.93. The van der Waals surface area contributed by atoms with E-state index in [1.807, 2.05) is 121 Å². The van der Waals surface area contributed by atoms with Crippen molar-refractivity contribution in [2.45, 2.75) is 6.92 Å². The van der Waals surface area contributed by atoms with Crippen LogP contribution in [0.4, 0.5) is 0 Å². The molecule has 1 N–H and O–H groups in total. The highest BCUT2D eigenvalue weighted by molar-refractivity contribution is 6.05. The number of pyridine rings is 1. The number of benzene rings is 4. The molecule has 7 rings (SSSR count). The lowest BCUT2D eigenvalue weighted by atomic mass is 9.99. The molecule has 0 aliphatic rings. The Morgan fingerprint density at radius 2 is 1.18 bits per heavy atom. The van der Waals surface area contributed by atoms with Gasteiger partial charge in [-0.1, -0.05) is 97.1 Å². The average molecular weight is 578 g/mol. The van der Waals surface area contributed by atoms with Crippen molar-refractivity contribution in [2.24, 2.45) is 0 Å². The molecular formula is C36H27N5O3. The summed E-state index contributed by atoms with van der Waals surface area (Å²) in [4.78, 5) is 18.8. The maximum atomic E-state index is 13.6. The number of rotatable bonds is 7. The number of hydrogen-bond donors (Lipinski definition) is 1. The molecule has 0 atom stereocenters. The Balaban J connectivity index is 1.58. The molecular weight excluding hydrogens is 550 g/mol. The molecule has 0 aliphatic carbocycles. The molecule has 0 radical (unpaired) electrons. The second kappa shape index (κ2) is 11.3. The monoisotopic (exact) mass is 577 g/mol. The molecule has 8 heteroatoms. The van der Waals surface area contributed by atoms with Crippen LogP contribution < -0.4 is 0 Å². The largest absolute Gasteiger partial charge is 0.493 e. The van der Waals surface area contributed by atoms with Crippen LogP contribution >= 0.6 is 0 Å². The number of esters is 1. The van der Waals surface area contributed by atoms with Crippen LogP contribution in [0.25, 0.3) is 56.2 Å². The third kappa shape index (κ3) is 4.68. The van der Waals surface area contributed by atoms with Crippen LogP contribution in [0.2, 0.25) is 0 Å². The minimum Gasteiger partial charge on any atom is -0.493 e. The van der Waals surface area contributed by atoms with Gasteiger partial charge < -0.3 is 9.84 Å². The summed E-state index contributed by atoms with van der Waals surface area (Å²) >= 11 is 0. The van der Waals surface area contributed by atoms with Crippen molar-refractivity contribution in [3.05, 3.63) is 133 Å². The standard InChI is InChI=1S/C36H27N5O3/c1-2-44-36(43)29-23-28-31(24-15-7-3-8-16-24)38-40(26-19-11-5-12-20-26)34(28)37-33(29)30-32(25-17-9-4-10-18-25)39-41(35(30)42)27-21-13-6-14-22-27/h3-23,42H,2H2,1H3. The van der Waals surface area contributed by atoms with Gasteiger partial charge in [0.15, 0.2) is 5.65 Å². The first-order valence-corrected chi connectivity index (χ1v) is 14.3. The van der Waals surface area contributed by atoms with Crippen LogP contribution in [-0.2, 0) is 4.74 Å². The van der Waals surface area contributed by atoms with Gasteiger partial charge in [0.05, 0.1) is 34.8 Å². The predicted octanol–water partition coefficient (Wildman–Crippen LogP) is 7.49. The summed E-state index contributed by atoms with van der Waals surface area (Å²) in [7, 11) is 0. The Morgan fingerprint density at radius 3 is 1.75 bits per heavy atom. The predicted molar refractivity (Wildman–Crippen MR) is 170 cm³/mol. The third-order valence-corrected chi connectivity index (χ3v) is 7.35. The number of aromatic hydroxyl groups is 1. The minimum absolute atomic E-state index is 0.151. The summed E-state index contributed by atoms with van der Waals surface area (Å²) in [6.07, 6.45) is 0. The number of fused-ring (bicyclic) bond motifs is 1. The summed E-state index contributed by atoms with van der Waals surface area (Å²) in [5.74, 6) is -0.712. The molecule has 214 valence electrons. The van der Waals surface area contributed by atoms with E-state index in [9.17, 15) is 9.90 Å². The van der Waals surface area contributed by atoms with Crippen molar-refractivity contribution in [3.8, 4) is 51.0 Å². The van der Waals surface area contributed by atoms with E-state index in [1.165, 1.54) is 4.68 Å². The highest BCUT2D eigenvalue weighted by Gasteiger charge is 2.29. The van der Waals surface area contributed by atoms with E-state index < -0.39 is 5.97 Å². The first-order chi connectivity index (χ1) is 21.6. The third-order valence-electron chi connectivity index (χ3n) is 7.35. The fraction of sp³-hybridized carbons (Fsp3) is 0.0556. The van der Waals surface area contributed by atoms with Gasteiger partial charge in [0.25, 0.3) is 0 Å². The molecule has 8 nitrogen and oxygen atoms in total. The molecule has 0 spiro atoms. The van der Waals surface area contributed by atoms with Crippen LogP contribution in [0.1, 0.15) is 17.3 Å². The number of ether oxygens (including phenoxy) is 1. The summed E-state index contributed by atoms with van der Waals surface area (Å²) < 4.78 is 8.76. The summed E-state index contributed by atoms with van der Waals surface area (Å²) in [5, 5.41) is 22.3. The van der Waals surface area contributed by atoms with Gasteiger partial charge in [-0.15, -0.1) is 0 Å².